The van der Waals surface area contributed by atoms with Gasteiger partial charge in [0.1, 0.15) is 5.75 Å². The standard InChI is InChI=1S/C15H22N2O2/c1-2-8-17(9-3-7-16)15(18)13-4-5-14-12(11-13)6-10-19-14/h4-5,11H,2-3,6-10,16H2,1H3. The zero-order valence-corrected chi connectivity index (χ0v) is 11.5. The van der Waals surface area contributed by atoms with Gasteiger partial charge in [-0.1, -0.05) is 6.92 Å². The van der Waals surface area contributed by atoms with Crippen molar-refractivity contribution < 1.29 is 9.53 Å². The minimum absolute atomic E-state index is 0.102. The smallest absolute Gasteiger partial charge is 0.253 e. The molecule has 104 valence electrons. The maximum Gasteiger partial charge on any atom is 0.253 e. The summed E-state index contributed by atoms with van der Waals surface area (Å²) in [5.74, 6) is 1.02. The number of nitrogens with zero attached hydrogens (tertiary/aromatic N) is 1. The lowest BCUT2D eigenvalue weighted by Crippen LogP contribution is -2.33. The highest BCUT2D eigenvalue weighted by atomic mass is 16.5. The molecule has 2 rings (SSSR count). The first-order chi connectivity index (χ1) is 9.26. The molecule has 2 N–H and O–H groups in total. The van der Waals surface area contributed by atoms with Crippen LogP contribution in [0, 0.1) is 0 Å². The van der Waals surface area contributed by atoms with Gasteiger partial charge in [-0.25, -0.2) is 0 Å². The molecule has 1 aromatic carbocycles. The summed E-state index contributed by atoms with van der Waals surface area (Å²) in [4.78, 5) is 14.4. The first-order valence-corrected chi connectivity index (χ1v) is 7.01. The number of carbonyl (C=O) groups excluding carboxylic acids is 1. The zero-order valence-electron chi connectivity index (χ0n) is 11.5. The number of carbonyl (C=O) groups is 1. The lowest BCUT2D eigenvalue weighted by Gasteiger charge is -2.22. The Kier molecular flexibility index (Phi) is 4.80. The molecular weight excluding hydrogens is 240 g/mol. The van der Waals surface area contributed by atoms with E-state index in [2.05, 4.69) is 6.92 Å². The van der Waals surface area contributed by atoms with E-state index in [1.54, 1.807) is 0 Å². The summed E-state index contributed by atoms with van der Waals surface area (Å²) in [5.41, 5.74) is 7.43. The van der Waals surface area contributed by atoms with E-state index in [1.165, 1.54) is 0 Å². The molecule has 4 nitrogen and oxygen atoms in total. The number of fused-ring (bicyclic) bond motifs is 1. The van der Waals surface area contributed by atoms with Gasteiger partial charge in [-0.2, -0.15) is 0 Å². The lowest BCUT2D eigenvalue weighted by molar-refractivity contribution is 0.0754. The van der Waals surface area contributed by atoms with Crippen molar-refractivity contribution >= 4 is 5.91 Å². The van der Waals surface area contributed by atoms with E-state index < -0.39 is 0 Å². The van der Waals surface area contributed by atoms with Crippen molar-refractivity contribution in [2.24, 2.45) is 5.73 Å². The first-order valence-electron chi connectivity index (χ1n) is 7.01. The van der Waals surface area contributed by atoms with Crippen LogP contribution in [0.3, 0.4) is 0 Å². The van der Waals surface area contributed by atoms with Crippen molar-refractivity contribution in [2.45, 2.75) is 26.2 Å². The van der Waals surface area contributed by atoms with E-state index >= 15 is 0 Å². The fraction of sp³-hybridized carbons (Fsp3) is 0.533. The van der Waals surface area contributed by atoms with Gasteiger partial charge < -0.3 is 15.4 Å². The number of rotatable bonds is 6. The molecule has 0 saturated heterocycles. The summed E-state index contributed by atoms with van der Waals surface area (Å²) in [6.07, 6.45) is 2.71. The Morgan fingerprint density at radius 2 is 2.26 bits per heavy atom. The fourth-order valence-corrected chi connectivity index (χ4v) is 2.37. The number of ether oxygens (including phenoxy) is 1. The average molecular weight is 262 g/mol. The van der Waals surface area contributed by atoms with Gasteiger partial charge in [0.15, 0.2) is 0 Å². The number of hydrogen-bond acceptors (Lipinski definition) is 3. The molecular formula is C15H22N2O2. The maximum atomic E-state index is 12.5. The number of amides is 1. The highest BCUT2D eigenvalue weighted by molar-refractivity contribution is 5.94. The van der Waals surface area contributed by atoms with Crippen molar-refractivity contribution in [1.29, 1.82) is 0 Å². The molecule has 0 radical (unpaired) electrons. The second-order valence-electron chi connectivity index (χ2n) is 4.86. The Hall–Kier alpha value is -1.55. The summed E-state index contributed by atoms with van der Waals surface area (Å²) in [6, 6.07) is 5.73. The molecule has 1 amide bonds. The molecule has 0 fully saturated rings. The van der Waals surface area contributed by atoms with Crippen molar-refractivity contribution in [3.63, 3.8) is 0 Å². The average Bonchev–Trinajstić information content (AvgIpc) is 2.90. The minimum atomic E-state index is 0.102. The van der Waals surface area contributed by atoms with Gasteiger partial charge in [0.05, 0.1) is 6.61 Å². The number of benzene rings is 1. The molecule has 0 spiro atoms. The molecule has 1 aliphatic rings. The van der Waals surface area contributed by atoms with Gasteiger partial charge in [0, 0.05) is 25.1 Å². The predicted octanol–water partition coefficient (Wildman–Crippen LogP) is 1.82. The molecule has 0 aromatic heterocycles. The van der Waals surface area contributed by atoms with Crippen LogP contribution in [0.4, 0.5) is 0 Å². The zero-order chi connectivity index (χ0) is 13.7. The summed E-state index contributed by atoms with van der Waals surface area (Å²) in [6.45, 7) is 4.94. The van der Waals surface area contributed by atoms with Crippen molar-refractivity contribution in [2.75, 3.05) is 26.2 Å². The van der Waals surface area contributed by atoms with Gasteiger partial charge in [0.25, 0.3) is 5.91 Å². The minimum Gasteiger partial charge on any atom is -0.493 e. The molecule has 0 unspecified atom stereocenters. The molecule has 0 saturated carbocycles. The summed E-state index contributed by atoms with van der Waals surface area (Å²) in [7, 11) is 0. The van der Waals surface area contributed by atoms with Crippen molar-refractivity contribution in [3.05, 3.63) is 29.3 Å². The van der Waals surface area contributed by atoms with Gasteiger partial charge in [0.2, 0.25) is 0 Å². The van der Waals surface area contributed by atoms with Gasteiger partial charge >= 0.3 is 0 Å². The normalized spacial score (nSPS) is 12.9. The molecule has 4 heteroatoms. The van der Waals surface area contributed by atoms with E-state index in [1.807, 2.05) is 23.1 Å². The van der Waals surface area contributed by atoms with E-state index in [0.29, 0.717) is 6.54 Å². The van der Waals surface area contributed by atoms with Gasteiger partial charge in [-0.15, -0.1) is 0 Å². The van der Waals surface area contributed by atoms with E-state index in [0.717, 1.165) is 55.8 Å². The van der Waals surface area contributed by atoms with Crippen LogP contribution in [0.2, 0.25) is 0 Å². The third-order valence-corrected chi connectivity index (χ3v) is 3.35. The molecule has 1 heterocycles. The van der Waals surface area contributed by atoms with E-state index in [9.17, 15) is 4.79 Å². The second-order valence-corrected chi connectivity index (χ2v) is 4.86. The predicted molar refractivity (Wildman–Crippen MR) is 75.5 cm³/mol. The van der Waals surface area contributed by atoms with Crippen molar-refractivity contribution in [1.82, 2.24) is 4.90 Å². The molecule has 19 heavy (non-hydrogen) atoms. The lowest BCUT2D eigenvalue weighted by atomic mass is 10.1. The van der Waals surface area contributed by atoms with E-state index in [4.69, 9.17) is 10.5 Å². The Morgan fingerprint density at radius 1 is 1.42 bits per heavy atom. The van der Waals surface area contributed by atoms with Crippen LogP contribution in [-0.4, -0.2) is 37.0 Å². The highest BCUT2D eigenvalue weighted by Crippen LogP contribution is 2.26. The van der Waals surface area contributed by atoms with Crippen LogP contribution in [-0.2, 0) is 6.42 Å². The van der Waals surface area contributed by atoms with Crippen molar-refractivity contribution in [3.8, 4) is 5.75 Å². The largest absolute Gasteiger partial charge is 0.493 e. The topological polar surface area (TPSA) is 55.6 Å². The molecule has 0 bridgehead atoms. The molecule has 1 aromatic rings. The third kappa shape index (κ3) is 3.26. The fourth-order valence-electron chi connectivity index (χ4n) is 2.37. The molecule has 0 aliphatic carbocycles. The Bertz CT molecular complexity index is 446. The van der Waals surface area contributed by atoms with Crippen LogP contribution in [0.15, 0.2) is 18.2 Å². The van der Waals surface area contributed by atoms with Crippen LogP contribution in [0.5, 0.6) is 5.75 Å². The molecule has 1 aliphatic heterocycles. The SMILES string of the molecule is CCCN(CCCN)C(=O)c1ccc2c(c1)CCO2. The second kappa shape index (κ2) is 6.57. The monoisotopic (exact) mass is 262 g/mol. The van der Waals surface area contributed by atoms with Crippen LogP contribution >= 0.6 is 0 Å². The number of hydrogen-bond donors (Lipinski definition) is 1. The molecule has 0 atom stereocenters. The van der Waals surface area contributed by atoms with E-state index in [-0.39, 0.29) is 5.91 Å². The Labute approximate surface area is 114 Å². The Balaban J connectivity index is 2.11. The summed E-state index contributed by atoms with van der Waals surface area (Å²) in [5, 5.41) is 0. The van der Waals surface area contributed by atoms with Gasteiger partial charge in [-0.05, 0) is 43.1 Å². The first kappa shape index (κ1) is 13.9. The van der Waals surface area contributed by atoms with Crippen LogP contribution < -0.4 is 10.5 Å². The van der Waals surface area contributed by atoms with Gasteiger partial charge in [-0.3, -0.25) is 4.79 Å². The maximum absolute atomic E-state index is 12.5. The Morgan fingerprint density at radius 3 is 3.00 bits per heavy atom. The van der Waals surface area contributed by atoms with Crippen LogP contribution in [0.1, 0.15) is 35.7 Å². The van der Waals surface area contributed by atoms with Crippen LogP contribution in [0.25, 0.3) is 0 Å². The highest BCUT2D eigenvalue weighted by Gasteiger charge is 2.18. The quantitative estimate of drug-likeness (QED) is 0.851. The third-order valence-electron chi connectivity index (χ3n) is 3.35. The number of nitrogens with two attached hydrogens (primary N) is 1. The summed E-state index contributed by atoms with van der Waals surface area (Å²) < 4.78 is 5.46. The summed E-state index contributed by atoms with van der Waals surface area (Å²) >= 11 is 0.